The molecule has 3 atom stereocenters. The average molecular weight is 320 g/mol. The summed E-state index contributed by atoms with van der Waals surface area (Å²) in [5.41, 5.74) is 1.09. The maximum atomic E-state index is 11.6. The van der Waals surface area contributed by atoms with Crippen molar-refractivity contribution in [2.24, 2.45) is 0 Å². The summed E-state index contributed by atoms with van der Waals surface area (Å²) in [6.45, 7) is 10.4. The fourth-order valence-electron chi connectivity index (χ4n) is 3.35. The van der Waals surface area contributed by atoms with Crippen molar-refractivity contribution in [3.05, 3.63) is 35.9 Å². The van der Waals surface area contributed by atoms with E-state index >= 15 is 0 Å². The molecule has 0 bridgehead atoms. The van der Waals surface area contributed by atoms with E-state index in [2.05, 4.69) is 40.0 Å². The third kappa shape index (κ3) is 5.98. The van der Waals surface area contributed by atoms with Gasteiger partial charge in [0, 0.05) is 6.92 Å². The minimum atomic E-state index is -0.206. The first-order valence-electron chi connectivity index (χ1n) is 9.01. The third-order valence-corrected chi connectivity index (χ3v) is 4.85. The molecular formula is C20H34NO2+. The van der Waals surface area contributed by atoms with Crippen molar-refractivity contribution in [1.29, 1.82) is 0 Å². The van der Waals surface area contributed by atoms with Gasteiger partial charge in [-0.3, -0.25) is 4.79 Å². The first-order valence-corrected chi connectivity index (χ1v) is 9.01. The fraction of sp³-hybridized carbons (Fsp3) is 0.650. The number of carbonyl (C=O) groups is 1. The van der Waals surface area contributed by atoms with Crippen LogP contribution in [-0.2, 0) is 9.53 Å². The van der Waals surface area contributed by atoms with Gasteiger partial charge in [0.1, 0.15) is 6.04 Å². The standard InChI is InChI=1S/C20H34NO2/c1-6-8-12-16-21(5,15-7-2)17(3)20(23-18(4)22)19-13-10-9-11-14-19/h9-11,13-14,17,20H,6-8,12,15-16H2,1-5H3/q+1/t17-,20+,21-/m0/s1. The lowest BCUT2D eigenvalue weighted by atomic mass is 9.99. The Bertz CT molecular complexity index is 460. The number of esters is 1. The van der Waals surface area contributed by atoms with Crippen LogP contribution in [0.25, 0.3) is 0 Å². The van der Waals surface area contributed by atoms with Crippen LogP contribution in [-0.4, -0.2) is 36.6 Å². The molecule has 0 saturated heterocycles. The summed E-state index contributed by atoms with van der Waals surface area (Å²) in [4.78, 5) is 11.6. The fourth-order valence-corrected chi connectivity index (χ4v) is 3.35. The van der Waals surface area contributed by atoms with Gasteiger partial charge in [-0.1, -0.05) is 50.6 Å². The lowest BCUT2D eigenvalue weighted by molar-refractivity contribution is -0.935. The summed E-state index contributed by atoms with van der Waals surface area (Å²) in [6.07, 6.45) is 4.65. The minimum Gasteiger partial charge on any atom is -0.451 e. The topological polar surface area (TPSA) is 26.3 Å². The Morgan fingerprint density at radius 3 is 2.26 bits per heavy atom. The van der Waals surface area contributed by atoms with Gasteiger partial charge in [0.2, 0.25) is 0 Å². The molecule has 0 N–H and O–H groups in total. The van der Waals surface area contributed by atoms with Gasteiger partial charge in [0.25, 0.3) is 0 Å². The number of ether oxygens (including phenoxy) is 1. The van der Waals surface area contributed by atoms with E-state index in [4.69, 9.17) is 4.74 Å². The Morgan fingerprint density at radius 1 is 1.09 bits per heavy atom. The molecule has 0 radical (unpaired) electrons. The van der Waals surface area contributed by atoms with Crippen LogP contribution >= 0.6 is 0 Å². The quantitative estimate of drug-likeness (QED) is 0.354. The minimum absolute atomic E-state index is 0.188. The Hall–Kier alpha value is -1.35. The molecule has 1 aromatic carbocycles. The van der Waals surface area contributed by atoms with E-state index in [1.54, 1.807) is 0 Å². The van der Waals surface area contributed by atoms with Gasteiger partial charge < -0.3 is 9.22 Å². The van der Waals surface area contributed by atoms with Crippen molar-refractivity contribution in [1.82, 2.24) is 0 Å². The van der Waals surface area contributed by atoms with E-state index in [0.717, 1.165) is 29.6 Å². The second kappa shape index (κ2) is 9.71. The summed E-state index contributed by atoms with van der Waals surface area (Å²) >= 11 is 0. The van der Waals surface area contributed by atoms with Gasteiger partial charge in [-0.2, -0.15) is 0 Å². The second-order valence-corrected chi connectivity index (χ2v) is 6.82. The Kier molecular flexibility index (Phi) is 8.32. The lowest BCUT2D eigenvalue weighted by Gasteiger charge is -2.43. The van der Waals surface area contributed by atoms with E-state index in [9.17, 15) is 4.79 Å². The molecule has 3 nitrogen and oxygen atoms in total. The van der Waals surface area contributed by atoms with Gasteiger partial charge in [-0.05, 0) is 31.7 Å². The number of likely N-dealkylation sites (N-methyl/N-ethyl adjacent to an activating group) is 1. The number of benzene rings is 1. The van der Waals surface area contributed by atoms with Crippen LogP contribution < -0.4 is 0 Å². The molecule has 0 heterocycles. The highest BCUT2D eigenvalue weighted by molar-refractivity contribution is 5.66. The van der Waals surface area contributed by atoms with E-state index in [1.165, 1.54) is 26.2 Å². The second-order valence-electron chi connectivity index (χ2n) is 6.82. The third-order valence-electron chi connectivity index (χ3n) is 4.85. The van der Waals surface area contributed by atoms with Crippen molar-refractivity contribution in [3.63, 3.8) is 0 Å². The van der Waals surface area contributed by atoms with Crippen LogP contribution in [0.2, 0.25) is 0 Å². The first kappa shape index (κ1) is 19.7. The monoisotopic (exact) mass is 320 g/mol. The highest BCUT2D eigenvalue weighted by atomic mass is 16.5. The van der Waals surface area contributed by atoms with E-state index in [1.807, 2.05) is 18.2 Å². The molecule has 0 aliphatic heterocycles. The Balaban J connectivity index is 3.02. The van der Waals surface area contributed by atoms with E-state index in [0.29, 0.717) is 0 Å². The first-order chi connectivity index (χ1) is 10.9. The van der Waals surface area contributed by atoms with Crippen molar-refractivity contribution < 1.29 is 14.0 Å². The van der Waals surface area contributed by atoms with Crippen LogP contribution in [0.4, 0.5) is 0 Å². The predicted octanol–water partition coefficient (Wildman–Crippen LogP) is 4.73. The number of quaternary nitrogens is 1. The highest BCUT2D eigenvalue weighted by Gasteiger charge is 2.37. The average Bonchev–Trinajstić information content (AvgIpc) is 2.53. The number of hydrogen-bond donors (Lipinski definition) is 0. The molecule has 1 aromatic rings. The summed E-state index contributed by atoms with van der Waals surface area (Å²) in [5, 5.41) is 0. The van der Waals surface area contributed by atoms with Crippen molar-refractivity contribution >= 4 is 5.97 Å². The Morgan fingerprint density at radius 2 is 1.74 bits per heavy atom. The number of carbonyl (C=O) groups excluding carboxylic acids is 1. The zero-order valence-electron chi connectivity index (χ0n) is 15.5. The zero-order valence-corrected chi connectivity index (χ0v) is 15.5. The van der Waals surface area contributed by atoms with Crippen molar-refractivity contribution in [2.45, 2.75) is 65.5 Å². The van der Waals surface area contributed by atoms with Crippen molar-refractivity contribution in [3.8, 4) is 0 Å². The molecular weight excluding hydrogens is 286 g/mol. The van der Waals surface area contributed by atoms with Gasteiger partial charge in [0.05, 0.1) is 20.1 Å². The van der Waals surface area contributed by atoms with Gasteiger partial charge in [0.15, 0.2) is 6.10 Å². The number of rotatable bonds is 10. The van der Waals surface area contributed by atoms with Gasteiger partial charge in [-0.25, -0.2) is 0 Å². The molecule has 0 fully saturated rings. The molecule has 0 amide bonds. The Labute approximate surface area is 142 Å². The molecule has 1 rings (SSSR count). The van der Waals surface area contributed by atoms with Gasteiger partial charge >= 0.3 is 5.97 Å². The zero-order chi connectivity index (χ0) is 17.3. The lowest BCUT2D eigenvalue weighted by Crippen LogP contribution is -2.55. The molecule has 130 valence electrons. The van der Waals surface area contributed by atoms with Crippen LogP contribution in [0.5, 0.6) is 0 Å². The maximum Gasteiger partial charge on any atom is 0.303 e. The molecule has 0 aliphatic carbocycles. The summed E-state index contributed by atoms with van der Waals surface area (Å²) < 4.78 is 6.69. The van der Waals surface area contributed by atoms with Crippen LogP contribution in [0, 0.1) is 0 Å². The summed E-state index contributed by atoms with van der Waals surface area (Å²) in [6, 6.07) is 10.4. The number of unbranched alkanes of at least 4 members (excludes halogenated alkanes) is 2. The predicted molar refractivity (Wildman–Crippen MR) is 96.1 cm³/mol. The molecule has 0 saturated carbocycles. The molecule has 0 aliphatic rings. The maximum absolute atomic E-state index is 11.6. The molecule has 3 heteroatoms. The van der Waals surface area contributed by atoms with Crippen LogP contribution in [0.15, 0.2) is 30.3 Å². The number of hydrogen-bond acceptors (Lipinski definition) is 2. The molecule has 0 unspecified atom stereocenters. The molecule has 0 spiro atoms. The van der Waals surface area contributed by atoms with Gasteiger partial charge in [-0.15, -0.1) is 0 Å². The SMILES string of the molecule is CCCCC[N@+](C)(CCC)[C@@H](C)[C@@H](OC(C)=O)c1ccccc1. The summed E-state index contributed by atoms with van der Waals surface area (Å²) in [5.74, 6) is -0.206. The smallest absolute Gasteiger partial charge is 0.303 e. The van der Waals surface area contributed by atoms with Crippen molar-refractivity contribution in [2.75, 3.05) is 20.1 Å². The largest absolute Gasteiger partial charge is 0.451 e. The normalized spacial score (nSPS) is 16.4. The van der Waals surface area contributed by atoms with Crippen LogP contribution in [0.3, 0.4) is 0 Å². The van der Waals surface area contributed by atoms with E-state index < -0.39 is 0 Å². The van der Waals surface area contributed by atoms with E-state index in [-0.39, 0.29) is 18.1 Å². The highest BCUT2D eigenvalue weighted by Crippen LogP contribution is 2.29. The molecule has 0 aromatic heterocycles. The molecule has 23 heavy (non-hydrogen) atoms. The number of nitrogens with zero attached hydrogens (tertiary/aromatic N) is 1. The van der Waals surface area contributed by atoms with Crippen LogP contribution in [0.1, 0.15) is 65.0 Å². The summed E-state index contributed by atoms with van der Waals surface area (Å²) in [7, 11) is 2.31.